The number of aryl methyl sites for hydroxylation is 2. The van der Waals surface area contributed by atoms with Crippen molar-refractivity contribution >= 4 is 16.9 Å². The Balaban J connectivity index is 2.17. The van der Waals surface area contributed by atoms with Crippen molar-refractivity contribution in [1.29, 1.82) is 0 Å². The molecule has 0 spiro atoms. The molecule has 0 unspecified atom stereocenters. The number of hydrogen-bond acceptors (Lipinski definition) is 3. The van der Waals surface area contributed by atoms with E-state index >= 15 is 0 Å². The van der Waals surface area contributed by atoms with Crippen LogP contribution >= 0.6 is 0 Å². The summed E-state index contributed by atoms with van der Waals surface area (Å²) in [5.74, 6) is 0.166. The van der Waals surface area contributed by atoms with Gasteiger partial charge in [-0.15, -0.1) is 0 Å². The molecule has 0 N–H and O–H groups in total. The van der Waals surface area contributed by atoms with E-state index in [4.69, 9.17) is 0 Å². The topological polar surface area (TPSA) is 55.2 Å². The van der Waals surface area contributed by atoms with Crippen molar-refractivity contribution in [1.82, 2.24) is 14.5 Å². The molecular formula is C20H24F3N3O2. The third-order valence-electron chi connectivity index (χ3n) is 5.61. The highest BCUT2D eigenvalue weighted by atomic mass is 19.4. The maximum Gasteiger partial charge on any atom is 0.438 e. The van der Waals surface area contributed by atoms with E-state index in [0.717, 1.165) is 28.5 Å². The number of rotatable bonds is 2. The molecule has 1 amide bonds. The zero-order chi connectivity index (χ0) is 20.8. The summed E-state index contributed by atoms with van der Waals surface area (Å²) in [6, 6.07) is 2.10. The lowest BCUT2D eigenvalue weighted by atomic mass is 9.98. The monoisotopic (exact) mass is 395 g/mol. The number of fused-ring (bicyclic) bond motifs is 1. The van der Waals surface area contributed by atoms with Gasteiger partial charge in [-0.3, -0.25) is 14.2 Å². The number of carbonyl (C=O) groups excluding carboxylic acids is 1. The van der Waals surface area contributed by atoms with Crippen LogP contribution in [0.25, 0.3) is 11.0 Å². The first-order chi connectivity index (χ1) is 13.0. The highest BCUT2D eigenvalue weighted by molar-refractivity contribution is 5.84. The van der Waals surface area contributed by atoms with Crippen LogP contribution in [0, 0.1) is 19.8 Å². The molecule has 1 aliphatic heterocycles. The van der Waals surface area contributed by atoms with E-state index < -0.39 is 23.5 Å². The van der Waals surface area contributed by atoms with Crippen LogP contribution in [0.2, 0.25) is 0 Å². The van der Waals surface area contributed by atoms with Gasteiger partial charge in [-0.25, -0.2) is 4.98 Å². The molecule has 8 heteroatoms. The Morgan fingerprint density at radius 1 is 1.18 bits per heavy atom. The van der Waals surface area contributed by atoms with Crippen LogP contribution in [0.15, 0.2) is 16.9 Å². The van der Waals surface area contributed by atoms with Gasteiger partial charge in [0, 0.05) is 13.1 Å². The number of alkyl halides is 3. The Bertz CT molecular complexity index is 973. The molecule has 152 valence electrons. The number of hydrogen-bond donors (Lipinski definition) is 0. The predicted molar refractivity (Wildman–Crippen MR) is 100 cm³/mol. The number of piperidine rings is 1. The molecule has 2 aromatic rings. The van der Waals surface area contributed by atoms with Gasteiger partial charge >= 0.3 is 6.18 Å². The number of nitrogens with zero attached hydrogens (tertiary/aromatic N) is 3. The van der Waals surface area contributed by atoms with E-state index in [1.807, 2.05) is 0 Å². The minimum atomic E-state index is -4.89. The molecule has 2 heterocycles. The summed E-state index contributed by atoms with van der Waals surface area (Å²) in [7, 11) is 0. The van der Waals surface area contributed by atoms with Crippen molar-refractivity contribution in [3.8, 4) is 0 Å². The van der Waals surface area contributed by atoms with Gasteiger partial charge in [-0.05, 0) is 62.8 Å². The predicted octanol–water partition coefficient (Wildman–Crippen LogP) is 3.85. The van der Waals surface area contributed by atoms with Crippen molar-refractivity contribution in [2.45, 2.75) is 52.8 Å². The number of halogens is 3. The minimum Gasteiger partial charge on any atom is -0.341 e. The Hall–Kier alpha value is -2.38. The van der Waals surface area contributed by atoms with E-state index in [-0.39, 0.29) is 16.9 Å². The Labute approximate surface area is 161 Å². The first-order valence-corrected chi connectivity index (χ1v) is 9.40. The second kappa shape index (κ2) is 7.22. The number of likely N-dealkylation sites (tertiary alicyclic amines) is 1. The minimum absolute atomic E-state index is 0.0574. The Kier molecular flexibility index (Phi) is 5.25. The SMILES string of the molecule is Cc1cc2nc(C(F)(F)F)c(=O)n([C@@H](C)C(=O)N3CCC(C)CC3)c2cc1C. The maximum absolute atomic E-state index is 13.4. The van der Waals surface area contributed by atoms with Crippen LogP contribution in [0.1, 0.15) is 49.6 Å². The van der Waals surface area contributed by atoms with Gasteiger partial charge in [0.1, 0.15) is 6.04 Å². The van der Waals surface area contributed by atoms with Crippen molar-refractivity contribution in [2.75, 3.05) is 13.1 Å². The summed E-state index contributed by atoms with van der Waals surface area (Å²) in [6.45, 7) is 8.25. The molecule has 1 saturated heterocycles. The van der Waals surface area contributed by atoms with Crippen molar-refractivity contribution < 1.29 is 18.0 Å². The quantitative estimate of drug-likeness (QED) is 0.776. The number of amides is 1. The van der Waals surface area contributed by atoms with Crippen LogP contribution in [-0.4, -0.2) is 33.4 Å². The highest BCUT2D eigenvalue weighted by Crippen LogP contribution is 2.29. The largest absolute Gasteiger partial charge is 0.438 e. The van der Waals surface area contributed by atoms with Gasteiger partial charge in [0.25, 0.3) is 5.56 Å². The zero-order valence-corrected chi connectivity index (χ0v) is 16.4. The van der Waals surface area contributed by atoms with Gasteiger partial charge < -0.3 is 4.90 Å². The van der Waals surface area contributed by atoms with Crippen molar-refractivity contribution in [2.24, 2.45) is 5.92 Å². The fourth-order valence-electron chi connectivity index (χ4n) is 3.63. The van der Waals surface area contributed by atoms with E-state index in [0.29, 0.717) is 19.0 Å². The van der Waals surface area contributed by atoms with Crippen molar-refractivity contribution in [3.05, 3.63) is 39.3 Å². The van der Waals surface area contributed by atoms with E-state index in [1.54, 1.807) is 24.8 Å². The molecule has 5 nitrogen and oxygen atoms in total. The summed E-state index contributed by atoms with van der Waals surface area (Å²) in [4.78, 5) is 30.9. The van der Waals surface area contributed by atoms with Crippen LogP contribution in [-0.2, 0) is 11.0 Å². The molecule has 0 saturated carbocycles. The molecule has 1 atom stereocenters. The fourth-order valence-corrected chi connectivity index (χ4v) is 3.63. The third kappa shape index (κ3) is 3.64. The highest BCUT2D eigenvalue weighted by Gasteiger charge is 2.39. The maximum atomic E-state index is 13.4. The standard InChI is InChI=1S/C20H24F3N3O2/c1-11-5-7-25(8-6-11)18(27)14(4)26-16-10-13(3)12(2)9-15(16)24-17(19(26)28)20(21,22)23/h9-11,14H,5-8H2,1-4H3/t14-/m0/s1. The molecule has 3 rings (SSSR count). The molecule has 28 heavy (non-hydrogen) atoms. The third-order valence-corrected chi connectivity index (χ3v) is 5.61. The van der Waals surface area contributed by atoms with Crippen LogP contribution < -0.4 is 5.56 Å². The molecule has 1 aliphatic rings. The normalized spacial score (nSPS) is 17.2. The smallest absolute Gasteiger partial charge is 0.341 e. The van der Waals surface area contributed by atoms with Gasteiger partial charge in [-0.1, -0.05) is 6.92 Å². The summed E-state index contributed by atoms with van der Waals surface area (Å²) in [5, 5.41) is 0. The molecule has 1 fully saturated rings. The van der Waals surface area contributed by atoms with Gasteiger partial charge in [0.15, 0.2) is 0 Å². The average Bonchev–Trinajstić information content (AvgIpc) is 2.61. The lowest BCUT2D eigenvalue weighted by molar-refractivity contribution is -0.143. The molecule has 0 aliphatic carbocycles. The first-order valence-electron chi connectivity index (χ1n) is 9.40. The zero-order valence-electron chi connectivity index (χ0n) is 16.4. The second-order valence-electron chi connectivity index (χ2n) is 7.74. The summed E-state index contributed by atoms with van der Waals surface area (Å²) in [6.07, 6.45) is -3.21. The van der Waals surface area contributed by atoms with Gasteiger partial charge in [0.2, 0.25) is 11.6 Å². The Morgan fingerprint density at radius 3 is 2.32 bits per heavy atom. The molecule has 1 aromatic carbocycles. The van der Waals surface area contributed by atoms with Gasteiger partial charge in [0.05, 0.1) is 11.0 Å². The number of carbonyl (C=O) groups is 1. The summed E-state index contributed by atoms with van der Waals surface area (Å²) in [5.41, 5.74) is -0.894. The average molecular weight is 395 g/mol. The lowest BCUT2D eigenvalue weighted by Crippen LogP contribution is -2.44. The molecule has 0 radical (unpaired) electrons. The summed E-state index contributed by atoms with van der Waals surface area (Å²) >= 11 is 0. The fraction of sp³-hybridized carbons (Fsp3) is 0.550. The molecule has 0 bridgehead atoms. The van der Waals surface area contributed by atoms with Crippen LogP contribution in [0.4, 0.5) is 13.2 Å². The number of benzene rings is 1. The van der Waals surface area contributed by atoms with Crippen LogP contribution in [0.3, 0.4) is 0 Å². The van der Waals surface area contributed by atoms with Crippen molar-refractivity contribution in [3.63, 3.8) is 0 Å². The van der Waals surface area contributed by atoms with E-state index in [1.165, 1.54) is 13.0 Å². The first kappa shape index (κ1) is 20.4. The van der Waals surface area contributed by atoms with Crippen LogP contribution in [0.5, 0.6) is 0 Å². The Morgan fingerprint density at radius 2 is 1.75 bits per heavy atom. The number of aromatic nitrogens is 2. The summed E-state index contributed by atoms with van der Waals surface area (Å²) < 4.78 is 41.2. The molecular weight excluding hydrogens is 371 g/mol. The van der Waals surface area contributed by atoms with Gasteiger partial charge in [-0.2, -0.15) is 13.2 Å². The lowest BCUT2D eigenvalue weighted by Gasteiger charge is -2.33. The van der Waals surface area contributed by atoms with E-state index in [9.17, 15) is 22.8 Å². The van der Waals surface area contributed by atoms with E-state index in [2.05, 4.69) is 11.9 Å². The second-order valence-corrected chi connectivity index (χ2v) is 7.74. The molecule has 1 aromatic heterocycles.